The largest absolute Gasteiger partial charge is 0.399 e. The second-order valence-electron chi connectivity index (χ2n) is 5.36. The number of rotatable bonds is 1. The van der Waals surface area contributed by atoms with Crippen LogP contribution in [0.15, 0.2) is 36.4 Å². The molecule has 0 spiro atoms. The van der Waals surface area contributed by atoms with Crippen molar-refractivity contribution in [1.82, 2.24) is 0 Å². The van der Waals surface area contributed by atoms with E-state index in [2.05, 4.69) is 0 Å². The Hall–Kier alpha value is -2.29. The number of benzene rings is 2. The molecule has 20 heavy (non-hydrogen) atoms. The standard InChI is InChI=1S/C17H18N2O/c1-11-4-3-5-12(2)16(11)17(20)19-9-8-13-6-7-14(18)10-15(13)19/h3-7,10H,8-9,18H2,1-2H3. The first-order valence-corrected chi connectivity index (χ1v) is 6.84. The van der Waals surface area contributed by atoms with E-state index in [4.69, 9.17) is 5.73 Å². The number of anilines is 2. The van der Waals surface area contributed by atoms with Crippen LogP contribution in [0.5, 0.6) is 0 Å². The molecule has 1 heterocycles. The van der Waals surface area contributed by atoms with Gasteiger partial charge in [0.1, 0.15) is 0 Å². The minimum absolute atomic E-state index is 0.0740. The average Bonchev–Trinajstić information content (AvgIpc) is 2.81. The number of aryl methyl sites for hydroxylation is 2. The summed E-state index contributed by atoms with van der Waals surface area (Å²) in [6.45, 7) is 4.69. The predicted octanol–water partition coefficient (Wildman–Crippen LogP) is 3.09. The number of carbonyl (C=O) groups excluding carboxylic acids is 1. The Morgan fingerprint density at radius 2 is 1.85 bits per heavy atom. The average molecular weight is 266 g/mol. The maximum Gasteiger partial charge on any atom is 0.258 e. The van der Waals surface area contributed by atoms with Gasteiger partial charge in [-0.2, -0.15) is 0 Å². The Morgan fingerprint density at radius 3 is 2.55 bits per heavy atom. The van der Waals surface area contributed by atoms with Gasteiger partial charge in [0.15, 0.2) is 0 Å². The molecule has 2 N–H and O–H groups in total. The van der Waals surface area contributed by atoms with Gasteiger partial charge in [0, 0.05) is 23.5 Å². The minimum atomic E-state index is 0.0740. The van der Waals surface area contributed by atoms with Crippen LogP contribution in [0.3, 0.4) is 0 Å². The molecule has 0 aromatic heterocycles. The Bertz CT molecular complexity index is 671. The van der Waals surface area contributed by atoms with Crippen LogP contribution in [0.1, 0.15) is 27.0 Å². The third-order valence-electron chi connectivity index (χ3n) is 3.95. The van der Waals surface area contributed by atoms with E-state index in [9.17, 15) is 4.79 Å². The van der Waals surface area contributed by atoms with Crippen molar-refractivity contribution in [3.8, 4) is 0 Å². The van der Waals surface area contributed by atoms with E-state index in [0.29, 0.717) is 5.69 Å². The van der Waals surface area contributed by atoms with E-state index in [1.54, 1.807) is 0 Å². The Kier molecular flexibility index (Phi) is 2.97. The van der Waals surface area contributed by atoms with Crippen molar-refractivity contribution in [2.75, 3.05) is 17.2 Å². The molecule has 0 unspecified atom stereocenters. The highest BCUT2D eigenvalue weighted by Crippen LogP contribution is 2.32. The molecule has 102 valence electrons. The number of fused-ring (bicyclic) bond motifs is 1. The quantitative estimate of drug-likeness (QED) is 0.806. The van der Waals surface area contributed by atoms with Crippen molar-refractivity contribution in [1.29, 1.82) is 0 Å². The first-order valence-electron chi connectivity index (χ1n) is 6.84. The summed E-state index contributed by atoms with van der Waals surface area (Å²) >= 11 is 0. The summed E-state index contributed by atoms with van der Waals surface area (Å²) in [5.41, 5.74) is 11.6. The molecule has 0 aliphatic carbocycles. The first-order chi connectivity index (χ1) is 9.58. The van der Waals surface area contributed by atoms with Crippen LogP contribution in [0, 0.1) is 13.8 Å². The third-order valence-corrected chi connectivity index (χ3v) is 3.95. The van der Waals surface area contributed by atoms with Gasteiger partial charge in [0.05, 0.1) is 0 Å². The molecule has 2 aromatic rings. The van der Waals surface area contributed by atoms with Crippen LogP contribution in [-0.2, 0) is 6.42 Å². The Labute approximate surface area is 119 Å². The Morgan fingerprint density at radius 1 is 1.15 bits per heavy atom. The lowest BCUT2D eigenvalue weighted by Crippen LogP contribution is -2.30. The summed E-state index contributed by atoms with van der Waals surface area (Å²) in [5, 5.41) is 0. The zero-order valence-electron chi connectivity index (χ0n) is 11.8. The zero-order chi connectivity index (χ0) is 14.3. The molecule has 3 rings (SSSR count). The van der Waals surface area contributed by atoms with Crippen LogP contribution >= 0.6 is 0 Å². The number of hydrogen-bond donors (Lipinski definition) is 1. The summed E-state index contributed by atoms with van der Waals surface area (Å²) in [4.78, 5) is 14.7. The number of nitrogens with zero attached hydrogens (tertiary/aromatic N) is 1. The summed E-state index contributed by atoms with van der Waals surface area (Å²) in [6.07, 6.45) is 0.895. The molecular formula is C17H18N2O. The molecule has 3 nitrogen and oxygen atoms in total. The van der Waals surface area contributed by atoms with Crippen LogP contribution < -0.4 is 10.6 Å². The van der Waals surface area contributed by atoms with Gasteiger partial charge in [-0.1, -0.05) is 24.3 Å². The van der Waals surface area contributed by atoms with Gasteiger partial charge in [-0.3, -0.25) is 4.79 Å². The van der Waals surface area contributed by atoms with Crippen molar-refractivity contribution in [3.05, 3.63) is 58.7 Å². The van der Waals surface area contributed by atoms with Gasteiger partial charge in [0.25, 0.3) is 5.91 Å². The van der Waals surface area contributed by atoms with Gasteiger partial charge in [0.2, 0.25) is 0 Å². The number of nitrogens with two attached hydrogens (primary N) is 1. The molecule has 1 aliphatic heterocycles. The number of carbonyl (C=O) groups is 1. The second-order valence-corrected chi connectivity index (χ2v) is 5.36. The molecule has 0 bridgehead atoms. The second kappa shape index (κ2) is 4.67. The summed E-state index contributed by atoms with van der Waals surface area (Å²) in [5.74, 6) is 0.0740. The smallest absolute Gasteiger partial charge is 0.258 e. The summed E-state index contributed by atoms with van der Waals surface area (Å²) in [7, 11) is 0. The molecule has 0 radical (unpaired) electrons. The highest BCUT2D eigenvalue weighted by Gasteiger charge is 2.27. The van der Waals surface area contributed by atoms with Crippen molar-refractivity contribution in [3.63, 3.8) is 0 Å². The predicted molar refractivity (Wildman–Crippen MR) is 82.2 cm³/mol. The fourth-order valence-corrected chi connectivity index (χ4v) is 2.89. The molecule has 2 aromatic carbocycles. The van der Waals surface area contributed by atoms with Crippen molar-refractivity contribution < 1.29 is 4.79 Å². The van der Waals surface area contributed by atoms with Crippen molar-refractivity contribution in [2.45, 2.75) is 20.3 Å². The SMILES string of the molecule is Cc1cccc(C)c1C(=O)N1CCc2ccc(N)cc21. The van der Waals surface area contributed by atoms with E-state index in [0.717, 1.165) is 35.3 Å². The van der Waals surface area contributed by atoms with Crippen molar-refractivity contribution in [2.24, 2.45) is 0 Å². The molecule has 1 aliphatic rings. The van der Waals surface area contributed by atoms with E-state index in [1.807, 2.05) is 55.1 Å². The maximum atomic E-state index is 12.8. The lowest BCUT2D eigenvalue weighted by molar-refractivity contribution is 0.0988. The molecule has 0 saturated heterocycles. The minimum Gasteiger partial charge on any atom is -0.399 e. The van der Waals surface area contributed by atoms with Crippen LogP contribution in [0.2, 0.25) is 0 Å². The zero-order valence-corrected chi connectivity index (χ0v) is 11.8. The normalized spacial score (nSPS) is 13.4. The van der Waals surface area contributed by atoms with E-state index in [1.165, 1.54) is 5.56 Å². The molecular weight excluding hydrogens is 248 g/mol. The fraction of sp³-hybridized carbons (Fsp3) is 0.235. The van der Waals surface area contributed by atoms with Crippen LogP contribution in [-0.4, -0.2) is 12.5 Å². The third kappa shape index (κ3) is 1.95. The number of amides is 1. The van der Waals surface area contributed by atoms with E-state index in [-0.39, 0.29) is 5.91 Å². The van der Waals surface area contributed by atoms with E-state index < -0.39 is 0 Å². The topological polar surface area (TPSA) is 46.3 Å². The lowest BCUT2D eigenvalue weighted by Gasteiger charge is -2.20. The maximum absolute atomic E-state index is 12.8. The molecule has 1 amide bonds. The van der Waals surface area contributed by atoms with Gasteiger partial charge in [-0.05, 0) is 49.1 Å². The van der Waals surface area contributed by atoms with Crippen LogP contribution in [0.4, 0.5) is 11.4 Å². The van der Waals surface area contributed by atoms with Gasteiger partial charge in [-0.25, -0.2) is 0 Å². The molecule has 3 heteroatoms. The highest BCUT2D eigenvalue weighted by molar-refractivity contribution is 6.09. The fourth-order valence-electron chi connectivity index (χ4n) is 2.89. The Balaban J connectivity index is 2.04. The lowest BCUT2D eigenvalue weighted by atomic mass is 10.0. The van der Waals surface area contributed by atoms with Gasteiger partial charge in [-0.15, -0.1) is 0 Å². The summed E-state index contributed by atoms with van der Waals surface area (Å²) < 4.78 is 0. The highest BCUT2D eigenvalue weighted by atomic mass is 16.2. The number of hydrogen-bond acceptors (Lipinski definition) is 2. The molecule has 0 fully saturated rings. The summed E-state index contributed by atoms with van der Waals surface area (Å²) in [6, 6.07) is 11.8. The molecule has 0 atom stereocenters. The number of nitrogen functional groups attached to an aromatic ring is 1. The monoisotopic (exact) mass is 266 g/mol. The van der Waals surface area contributed by atoms with Crippen molar-refractivity contribution >= 4 is 17.3 Å². The van der Waals surface area contributed by atoms with Gasteiger partial charge < -0.3 is 10.6 Å². The first kappa shape index (κ1) is 12.7. The van der Waals surface area contributed by atoms with E-state index >= 15 is 0 Å². The van der Waals surface area contributed by atoms with Gasteiger partial charge >= 0.3 is 0 Å². The van der Waals surface area contributed by atoms with Crippen LogP contribution in [0.25, 0.3) is 0 Å². The molecule has 0 saturated carbocycles.